The van der Waals surface area contributed by atoms with Gasteiger partial charge in [0.2, 0.25) is 11.8 Å². The Bertz CT molecular complexity index is 1280. The largest absolute Gasteiger partial charge is 0.395 e. The van der Waals surface area contributed by atoms with Crippen LogP contribution in [0.2, 0.25) is 0 Å². The predicted octanol–water partition coefficient (Wildman–Crippen LogP) is 4.60. The molecule has 4 atom stereocenters. The number of carbonyl (C=O) groups is 2. The highest BCUT2D eigenvalue weighted by Crippen LogP contribution is 2.29. The molecule has 4 unspecified atom stereocenters. The number of nitrogens with one attached hydrogen (secondary N) is 2. The molecule has 2 amide bonds. The van der Waals surface area contributed by atoms with E-state index in [2.05, 4.69) is 93.2 Å². The number of aliphatic hydroxyl groups excluding tert-OH is 4. The molecule has 2 heterocycles. The predicted molar refractivity (Wildman–Crippen MR) is 216 cm³/mol. The second-order valence-electron chi connectivity index (χ2n) is 13.2. The fourth-order valence-corrected chi connectivity index (χ4v) is 6.32. The third-order valence-corrected chi connectivity index (χ3v) is 9.25. The van der Waals surface area contributed by atoms with Crippen LogP contribution in [-0.2, 0) is 16.0 Å². The van der Waals surface area contributed by atoms with Gasteiger partial charge in [0.25, 0.3) is 0 Å². The molecular weight excluding hydrogens is 668 g/mol. The summed E-state index contributed by atoms with van der Waals surface area (Å²) in [7, 11) is 3.20. The van der Waals surface area contributed by atoms with Gasteiger partial charge in [-0.3, -0.25) is 19.4 Å². The number of aryl methyl sites for hydroxylation is 1. The Labute approximate surface area is 319 Å². The summed E-state index contributed by atoms with van der Waals surface area (Å²) < 4.78 is 0. The average molecular weight is 737 g/mol. The molecule has 2 saturated heterocycles. The Morgan fingerprint density at radius 3 is 1.42 bits per heavy atom. The summed E-state index contributed by atoms with van der Waals surface area (Å²) in [4.78, 5) is 23.8. The highest BCUT2D eigenvalue weighted by molar-refractivity contribution is 5.72. The van der Waals surface area contributed by atoms with Crippen molar-refractivity contribution in [3.63, 3.8) is 0 Å². The van der Waals surface area contributed by atoms with Gasteiger partial charge in [-0.05, 0) is 68.3 Å². The fraction of sp³-hybridized carbons (Fsp3) is 0.535. The van der Waals surface area contributed by atoms with E-state index in [1.165, 1.54) is 30.5 Å². The number of carbonyl (C=O) groups excluding carboxylic acids is 2. The Morgan fingerprint density at radius 1 is 0.660 bits per heavy atom. The molecule has 10 nitrogen and oxygen atoms in total. The van der Waals surface area contributed by atoms with Crippen molar-refractivity contribution in [1.29, 1.82) is 0 Å². The summed E-state index contributed by atoms with van der Waals surface area (Å²) >= 11 is 0. The van der Waals surface area contributed by atoms with Gasteiger partial charge >= 0.3 is 0 Å². The summed E-state index contributed by atoms with van der Waals surface area (Å²) in [6.45, 7) is 10.5. The molecule has 3 aromatic rings. The van der Waals surface area contributed by atoms with E-state index in [9.17, 15) is 30.0 Å². The first-order valence-electron chi connectivity index (χ1n) is 19.2. The number of amides is 2. The number of β-amino-alcohol motifs (C(OH)–C–C–N with tert-alkyl or cyclic N) is 2. The first-order valence-corrected chi connectivity index (χ1v) is 19.2. The third kappa shape index (κ3) is 19.9. The van der Waals surface area contributed by atoms with E-state index in [1.54, 1.807) is 14.1 Å². The standard InChI is InChI=1S/C20H25NO2.C15H23NO2.2C3H7NO.C2H6/c22-15-18-13-19(23)14-21(18)12-11-20(16-7-3-1-4-8-16)17-9-5-2-6-10-17;17-12-14-10-15(18)11-16(14)9-5-4-8-13-6-2-1-3-7-13;2*1-3(5)4-2;1-2/h1-10,18-20,22-23H,11-15H2;1-3,6-7,14-15,17-18H,4-5,8-12H2;2*1-2H3,(H,4,5);1-2H3. The van der Waals surface area contributed by atoms with E-state index in [0.717, 1.165) is 51.7 Å². The van der Waals surface area contributed by atoms with Crippen LogP contribution < -0.4 is 10.6 Å². The number of hydrogen-bond donors (Lipinski definition) is 6. The van der Waals surface area contributed by atoms with Crippen molar-refractivity contribution in [2.75, 3.05) is 53.5 Å². The normalized spacial score (nSPS) is 19.2. The van der Waals surface area contributed by atoms with Crippen LogP contribution in [0.3, 0.4) is 0 Å². The van der Waals surface area contributed by atoms with Crippen LogP contribution in [0.4, 0.5) is 0 Å². The summed E-state index contributed by atoms with van der Waals surface area (Å²) in [5, 5.41) is 42.9. The molecular formula is C43H68N4O6. The lowest BCUT2D eigenvalue weighted by molar-refractivity contribution is -0.119. The molecule has 2 aliphatic heterocycles. The highest BCUT2D eigenvalue weighted by atomic mass is 16.3. The van der Waals surface area contributed by atoms with Gasteiger partial charge in [-0.2, -0.15) is 0 Å². The van der Waals surface area contributed by atoms with E-state index in [4.69, 9.17) is 0 Å². The quantitative estimate of drug-likeness (QED) is 0.148. The fourth-order valence-electron chi connectivity index (χ4n) is 6.32. The van der Waals surface area contributed by atoms with Gasteiger partial charge in [0.15, 0.2) is 0 Å². The van der Waals surface area contributed by atoms with Crippen LogP contribution in [-0.4, -0.2) is 120 Å². The van der Waals surface area contributed by atoms with Gasteiger partial charge in [-0.1, -0.05) is 105 Å². The van der Waals surface area contributed by atoms with E-state index < -0.39 is 0 Å². The van der Waals surface area contributed by atoms with E-state index in [-0.39, 0.29) is 49.3 Å². The molecule has 296 valence electrons. The number of hydrogen-bond acceptors (Lipinski definition) is 8. The van der Waals surface area contributed by atoms with Gasteiger partial charge in [-0.15, -0.1) is 0 Å². The maximum atomic E-state index is 9.85. The molecule has 0 radical (unpaired) electrons. The maximum Gasteiger partial charge on any atom is 0.216 e. The summed E-state index contributed by atoms with van der Waals surface area (Å²) in [6, 6.07) is 31.9. The smallest absolute Gasteiger partial charge is 0.216 e. The van der Waals surface area contributed by atoms with Crippen molar-refractivity contribution >= 4 is 11.8 Å². The lowest BCUT2D eigenvalue weighted by atomic mass is 9.88. The number of nitrogens with zero attached hydrogens (tertiary/aromatic N) is 2. The summed E-state index contributed by atoms with van der Waals surface area (Å²) in [5.74, 6) is 0.351. The molecule has 2 fully saturated rings. The summed E-state index contributed by atoms with van der Waals surface area (Å²) in [5.41, 5.74) is 4.02. The van der Waals surface area contributed by atoms with E-state index in [1.807, 2.05) is 32.0 Å². The molecule has 0 bridgehead atoms. The highest BCUT2D eigenvalue weighted by Gasteiger charge is 2.31. The zero-order valence-corrected chi connectivity index (χ0v) is 33.0. The lowest BCUT2D eigenvalue weighted by Gasteiger charge is -2.26. The van der Waals surface area contributed by atoms with Gasteiger partial charge in [0.1, 0.15) is 0 Å². The number of benzene rings is 3. The van der Waals surface area contributed by atoms with Crippen molar-refractivity contribution < 1.29 is 30.0 Å². The minimum Gasteiger partial charge on any atom is -0.395 e. The molecule has 0 aromatic heterocycles. The van der Waals surface area contributed by atoms with Crippen LogP contribution in [0.5, 0.6) is 0 Å². The second-order valence-corrected chi connectivity index (χ2v) is 13.2. The van der Waals surface area contributed by atoms with Gasteiger partial charge in [0.05, 0.1) is 25.4 Å². The Morgan fingerprint density at radius 2 is 1.04 bits per heavy atom. The van der Waals surface area contributed by atoms with E-state index in [0.29, 0.717) is 18.9 Å². The minimum atomic E-state index is -0.306. The molecule has 5 rings (SSSR count). The van der Waals surface area contributed by atoms with E-state index >= 15 is 0 Å². The third-order valence-electron chi connectivity index (χ3n) is 9.25. The zero-order valence-electron chi connectivity index (χ0n) is 33.0. The first kappa shape index (κ1) is 47.4. The van der Waals surface area contributed by atoms with Crippen LogP contribution in [0.1, 0.15) is 82.4 Å². The monoisotopic (exact) mass is 737 g/mol. The maximum absolute atomic E-state index is 9.85. The number of likely N-dealkylation sites (tertiary alicyclic amines) is 2. The molecule has 6 N–H and O–H groups in total. The summed E-state index contributed by atoms with van der Waals surface area (Å²) in [6.07, 6.45) is 5.22. The van der Waals surface area contributed by atoms with Crippen LogP contribution >= 0.6 is 0 Å². The van der Waals surface area contributed by atoms with Crippen molar-refractivity contribution in [2.24, 2.45) is 0 Å². The molecule has 0 spiro atoms. The van der Waals surface area contributed by atoms with Crippen LogP contribution in [0.25, 0.3) is 0 Å². The average Bonchev–Trinajstić information content (AvgIpc) is 3.76. The molecule has 53 heavy (non-hydrogen) atoms. The lowest BCUT2D eigenvalue weighted by Crippen LogP contribution is -2.34. The topological polar surface area (TPSA) is 146 Å². The van der Waals surface area contributed by atoms with Crippen molar-refractivity contribution in [1.82, 2.24) is 20.4 Å². The Kier molecular flexibility index (Phi) is 25.8. The number of aliphatic hydroxyl groups is 4. The van der Waals surface area contributed by atoms with Crippen LogP contribution in [0.15, 0.2) is 91.0 Å². The first-order chi connectivity index (χ1) is 25.6. The minimum absolute atomic E-state index is 0.00463. The number of rotatable bonds is 12. The van der Waals surface area contributed by atoms with Crippen molar-refractivity contribution in [3.05, 3.63) is 108 Å². The van der Waals surface area contributed by atoms with Gasteiger partial charge < -0.3 is 31.1 Å². The Hall–Kier alpha value is -3.64. The molecule has 0 saturated carbocycles. The van der Waals surface area contributed by atoms with Crippen molar-refractivity contribution in [2.45, 2.75) is 96.4 Å². The zero-order chi connectivity index (χ0) is 39.4. The van der Waals surface area contributed by atoms with Crippen molar-refractivity contribution in [3.8, 4) is 0 Å². The second kappa shape index (κ2) is 28.8. The Balaban J connectivity index is 0.000000414. The molecule has 0 aliphatic carbocycles. The number of unbranched alkanes of at least 4 members (excludes halogenated alkanes) is 1. The molecule has 3 aromatic carbocycles. The van der Waals surface area contributed by atoms with Crippen LogP contribution in [0, 0.1) is 0 Å². The molecule has 2 aliphatic rings. The van der Waals surface area contributed by atoms with Gasteiger partial charge in [-0.25, -0.2) is 0 Å². The molecule has 10 heteroatoms. The van der Waals surface area contributed by atoms with Gasteiger partial charge in [0, 0.05) is 59.0 Å². The SMILES string of the molecule is CC.CNC(C)=O.CNC(C)=O.OCC1CC(O)CN1CCC(c1ccccc1)c1ccccc1.OCC1CC(O)CN1CCCCc1ccccc1.